The molecule has 0 aliphatic heterocycles. The number of hydrogen-bond acceptors (Lipinski definition) is 3. The topological polar surface area (TPSA) is 42.7 Å². The van der Waals surface area contributed by atoms with E-state index in [-0.39, 0.29) is 0 Å². The Hall–Kier alpha value is -2.10. The van der Waals surface area contributed by atoms with Gasteiger partial charge in [0.2, 0.25) is 0 Å². The molecule has 4 heteroatoms. The highest BCUT2D eigenvalue weighted by atomic mass is 15.3. The van der Waals surface area contributed by atoms with Crippen molar-refractivity contribution in [3.63, 3.8) is 0 Å². The normalized spacial score (nSPS) is 27.1. The largest absolute Gasteiger partial charge is 0.383 e. The molecule has 0 aromatic carbocycles. The summed E-state index contributed by atoms with van der Waals surface area (Å²) in [4.78, 5) is 4.44. The smallest absolute Gasteiger partial charge is 0.153 e. The predicted molar refractivity (Wildman–Crippen MR) is 78.7 cm³/mol. The number of nitrogens with one attached hydrogen (secondary N) is 1. The molecule has 1 fully saturated rings. The van der Waals surface area contributed by atoms with Crippen molar-refractivity contribution in [3.05, 3.63) is 48.9 Å². The number of nitrogens with zero attached hydrogens (tertiary/aromatic N) is 3. The van der Waals surface area contributed by atoms with E-state index in [9.17, 15) is 0 Å². The lowest BCUT2D eigenvalue weighted by Crippen LogP contribution is -2.18. The molecule has 4 rings (SSSR count). The van der Waals surface area contributed by atoms with E-state index in [1.807, 2.05) is 24.5 Å². The first kappa shape index (κ1) is 11.7. The van der Waals surface area contributed by atoms with Crippen molar-refractivity contribution in [1.29, 1.82) is 0 Å². The zero-order valence-corrected chi connectivity index (χ0v) is 11.3. The minimum Gasteiger partial charge on any atom is -0.383 e. The molecule has 20 heavy (non-hydrogen) atoms. The third-order valence-electron chi connectivity index (χ3n) is 4.47. The lowest BCUT2D eigenvalue weighted by molar-refractivity contribution is 0.472. The van der Waals surface area contributed by atoms with Gasteiger partial charge in [-0.25, -0.2) is 9.67 Å². The minimum atomic E-state index is 0.788. The second-order valence-corrected chi connectivity index (χ2v) is 5.78. The van der Waals surface area contributed by atoms with Crippen LogP contribution in [0.2, 0.25) is 0 Å². The summed E-state index contributed by atoms with van der Waals surface area (Å²) in [5.41, 5.74) is 1.09. The van der Waals surface area contributed by atoms with E-state index in [1.165, 1.54) is 12.8 Å². The van der Waals surface area contributed by atoms with Gasteiger partial charge in [0.15, 0.2) is 5.82 Å². The van der Waals surface area contributed by atoms with Crippen LogP contribution in [-0.4, -0.2) is 21.3 Å². The Labute approximate surface area is 118 Å². The van der Waals surface area contributed by atoms with Crippen LogP contribution in [0.4, 0.5) is 5.69 Å². The van der Waals surface area contributed by atoms with Crippen LogP contribution in [-0.2, 0) is 0 Å². The van der Waals surface area contributed by atoms with Crippen molar-refractivity contribution in [1.82, 2.24) is 14.8 Å². The predicted octanol–water partition coefficient (Wildman–Crippen LogP) is 2.89. The van der Waals surface area contributed by atoms with Crippen LogP contribution in [0.3, 0.4) is 0 Å². The van der Waals surface area contributed by atoms with Gasteiger partial charge < -0.3 is 5.32 Å². The first-order valence-electron chi connectivity index (χ1n) is 7.27. The van der Waals surface area contributed by atoms with Gasteiger partial charge in [-0.3, -0.25) is 0 Å². The zero-order valence-electron chi connectivity index (χ0n) is 11.3. The van der Waals surface area contributed by atoms with E-state index in [2.05, 4.69) is 33.6 Å². The van der Waals surface area contributed by atoms with Gasteiger partial charge in [0.1, 0.15) is 0 Å². The van der Waals surface area contributed by atoms with Crippen molar-refractivity contribution in [2.45, 2.75) is 12.8 Å². The van der Waals surface area contributed by atoms with E-state index in [1.54, 1.807) is 10.9 Å². The molecule has 0 amide bonds. The molecular weight excluding hydrogens is 248 g/mol. The fourth-order valence-electron chi connectivity index (χ4n) is 3.41. The van der Waals surface area contributed by atoms with Crippen molar-refractivity contribution >= 4 is 5.69 Å². The van der Waals surface area contributed by atoms with Crippen molar-refractivity contribution < 1.29 is 0 Å². The monoisotopic (exact) mass is 266 g/mol. The SMILES string of the molecule is C1=CC2CC1CC2CNc1ccc(-n2cccn2)nc1. The van der Waals surface area contributed by atoms with E-state index >= 15 is 0 Å². The first-order valence-corrected chi connectivity index (χ1v) is 7.27. The number of pyridine rings is 1. The molecule has 0 saturated heterocycles. The third-order valence-corrected chi connectivity index (χ3v) is 4.47. The molecule has 0 spiro atoms. The summed E-state index contributed by atoms with van der Waals surface area (Å²) in [7, 11) is 0. The molecule has 0 radical (unpaired) electrons. The van der Waals surface area contributed by atoms with E-state index < -0.39 is 0 Å². The minimum absolute atomic E-state index is 0.788. The van der Waals surface area contributed by atoms with Crippen LogP contribution >= 0.6 is 0 Å². The molecular formula is C16H18N4. The Morgan fingerprint density at radius 2 is 2.25 bits per heavy atom. The van der Waals surface area contributed by atoms with Gasteiger partial charge >= 0.3 is 0 Å². The number of allylic oxidation sites excluding steroid dienone is 2. The summed E-state index contributed by atoms with van der Waals surface area (Å²) in [6.07, 6.45) is 13.0. The highest BCUT2D eigenvalue weighted by Crippen LogP contribution is 2.43. The summed E-state index contributed by atoms with van der Waals surface area (Å²) in [5, 5.41) is 7.70. The Kier molecular flexibility index (Phi) is 2.80. The van der Waals surface area contributed by atoms with Crippen LogP contribution in [0.5, 0.6) is 0 Å². The summed E-state index contributed by atoms with van der Waals surface area (Å²) in [6, 6.07) is 5.97. The molecule has 3 atom stereocenters. The number of rotatable bonds is 4. The molecule has 4 nitrogen and oxygen atoms in total. The summed E-state index contributed by atoms with van der Waals surface area (Å²) in [6.45, 7) is 1.05. The highest BCUT2D eigenvalue weighted by Gasteiger charge is 2.35. The summed E-state index contributed by atoms with van der Waals surface area (Å²) >= 11 is 0. The Bertz CT molecular complexity index is 600. The summed E-state index contributed by atoms with van der Waals surface area (Å²) < 4.78 is 1.77. The second kappa shape index (κ2) is 4.78. The lowest BCUT2D eigenvalue weighted by atomic mass is 9.93. The van der Waals surface area contributed by atoms with Crippen LogP contribution in [0.1, 0.15) is 12.8 Å². The Balaban J connectivity index is 1.39. The fraction of sp³-hybridized carbons (Fsp3) is 0.375. The van der Waals surface area contributed by atoms with E-state index in [0.29, 0.717) is 0 Å². The second-order valence-electron chi connectivity index (χ2n) is 5.78. The molecule has 3 unspecified atom stereocenters. The standard InChI is InChI=1S/C16H18N4/c1-6-19-20(7-1)16-5-4-15(11-18-16)17-10-14-9-12-2-3-13(14)8-12/h1-7,11-14,17H,8-10H2. The number of aromatic nitrogens is 3. The number of hydrogen-bond donors (Lipinski definition) is 1. The highest BCUT2D eigenvalue weighted by molar-refractivity contribution is 5.43. The molecule has 2 aliphatic carbocycles. The molecule has 2 aromatic heterocycles. The molecule has 2 bridgehead atoms. The maximum absolute atomic E-state index is 4.44. The fourth-order valence-corrected chi connectivity index (χ4v) is 3.41. The van der Waals surface area contributed by atoms with Gasteiger partial charge in [0.05, 0.1) is 11.9 Å². The molecule has 1 saturated carbocycles. The Morgan fingerprint density at radius 3 is 2.90 bits per heavy atom. The summed E-state index contributed by atoms with van der Waals surface area (Å²) in [5.74, 6) is 3.27. The van der Waals surface area contributed by atoms with Crippen molar-refractivity contribution in [3.8, 4) is 5.82 Å². The quantitative estimate of drug-likeness (QED) is 0.865. The number of fused-ring (bicyclic) bond motifs is 2. The maximum Gasteiger partial charge on any atom is 0.153 e. The van der Waals surface area contributed by atoms with Gasteiger partial charge in [0, 0.05) is 18.9 Å². The van der Waals surface area contributed by atoms with E-state index in [0.717, 1.165) is 35.8 Å². The van der Waals surface area contributed by atoms with Crippen LogP contribution in [0, 0.1) is 17.8 Å². The lowest BCUT2D eigenvalue weighted by Gasteiger charge is -2.19. The molecule has 2 heterocycles. The molecule has 1 N–H and O–H groups in total. The van der Waals surface area contributed by atoms with Crippen LogP contribution in [0.15, 0.2) is 48.9 Å². The van der Waals surface area contributed by atoms with Gasteiger partial charge in [-0.05, 0) is 48.8 Å². The van der Waals surface area contributed by atoms with Gasteiger partial charge in [0.25, 0.3) is 0 Å². The third kappa shape index (κ3) is 2.11. The Morgan fingerprint density at radius 1 is 1.25 bits per heavy atom. The molecule has 102 valence electrons. The van der Waals surface area contributed by atoms with Crippen LogP contribution in [0.25, 0.3) is 5.82 Å². The molecule has 2 aliphatic rings. The van der Waals surface area contributed by atoms with E-state index in [4.69, 9.17) is 0 Å². The zero-order chi connectivity index (χ0) is 13.4. The average Bonchev–Trinajstić information content (AvgIpc) is 3.22. The van der Waals surface area contributed by atoms with Crippen LogP contribution < -0.4 is 5.32 Å². The van der Waals surface area contributed by atoms with Gasteiger partial charge in [-0.15, -0.1) is 0 Å². The first-order chi connectivity index (χ1) is 9.88. The molecule has 2 aromatic rings. The van der Waals surface area contributed by atoms with Crippen molar-refractivity contribution in [2.75, 3.05) is 11.9 Å². The van der Waals surface area contributed by atoms with Crippen molar-refractivity contribution in [2.24, 2.45) is 17.8 Å². The average molecular weight is 266 g/mol. The van der Waals surface area contributed by atoms with Gasteiger partial charge in [-0.1, -0.05) is 12.2 Å². The number of anilines is 1. The van der Waals surface area contributed by atoms with Gasteiger partial charge in [-0.2, -0.15) is 5.10 Å². The maximum atomic E-state index is 4.44.